The molecule has 1 aliphatic carbocycles. The normalized spacial score (nSPS) is 25.1. The molecule has 2 rings (SSSR count). The van der Waals surface area contributed by atoms with E-state index in [9.17, 15) is 14.4 Å². The zero-order valence-electron chi connectivity index (χ0n) is 10.8. The molecule has 1 aliphatic heterocycles. The standard InChI is InChI=1S/C13H19NO5/c15-10(14-9-3-6-19-12(9)18)7-13(8-11(16)17)4-1-2-5-13/h9H,1-8H2,(H,14,15)(H,16,17). The molecule has 0 bridgehead atoms. The lowest BCUT2D eigenvalue weighted by molar-refractivity contribution is -0.143. The first-order chi connectivity index (χ1) is 9.01. The van der Waals surface area contributed by atoms with Crippen LogP contribution in [0.4, 0.5) is 0 Å². The number of amides is 1. The van der Waals surface area contributed by atoms with E-state index < -0.39 is 23.4 Å². The number of ether oxygens (including phenoxy) is 1. The monoisotopic (exact) mass is 269 g/mol. The molecule has 2 fully saturated rings. The predicted octanol–water partition coefficient (Wildman–Crippen LogP) is 0.843. The summed E-state index contributed by atoms with van der Waals surface area (Å²) in [6.45, 7) is 0.337. The maximum atomic E-state index is 12.0. The van der Waals surface area contributed by atoms with Crippen molar-refractivity contribution < 1.29 is 24.2 Å². The van der Waals surface area contributed by atoms with Gasteiger partial charge in [-0.05, 0) is 18.3 Å². The van der Waals surface area contributed by atoms with Gasteiger partial charge >= 0.3 is 11.9 Å². The summed E-state index contributed by atoms with van der Waals surface area (Å²) in [6, 6.07) is -0.559. The molecular formula is C13H19NO5. The zero-order valence-corrected chi connectivity index (χ0v) is 10.8. The highest BCUT2D eigenvalue weighted by Gasteiger charge is 2.39. The first-order valence-corrected chi connectivity index (χ1v) is 6.69. The van der Waals surface area contributed by atoms with Crippen LogP contribution in [0.5, 0.6) is 0 Å². The third kappa shape index (κ3) is 3.45. The molecule has 19 heavy (non-hydrogen) atoms. The fourth-order valence-electron chi connectivity index (χ4n) is 3.07. The molecule has 2 aliphatic rings. The number of nitrogens with one attached hydrogen (secondary N) is 1. The lowest BCUT2D eigenvalue weighted by Gasteiger charge is -2.26. The topological polar surface area (TPSA) is 92.7 Å². The maximum absolute atomic E-state index is 12.0. The van der Waals surface area contributed by atoms with Gasteiger partial charge in [0.1, 0.15) is 6.04 Å². The van der Waals surface area contributed by atoms with E-state index in [4.69, 9.17) is 9.84 Å². The van der Waals surface area contributed by atoms with Crippen molar-refractivity contribution in [2.24, 2.45) is 5.41 Å². The number of rotatable bonds is 5. The van der Waals surface area contributed by atoms with E-state index in [0.29, 0.717) is 13.0 Å². The molecule has 1 saturated carbocycles. The van der Waals surface area contributed by atoms with E-state index in [-0.39, 0.29) is 18.7 Å². The largest absolute Gasteiger partial charge is 0.481 e. The van der Waals surface area contributed by atoms with Gasteiger partial charge in [-0.25, -0.2) is 4.79 Å². The second-order valence-corrected chi connectivity index (χ2v) is 5.53. The molecular weight excluding hydrogens is 250 g/mol. The second kappa shape index (κ2) is 5.59. The number of carboxylic acid groups (broad SMARTS) is 1. The molecule has 1 heterocycles. The fraction of sp³-hybridized carbons (Fsp3) is 0.769. The van der Waals surface area contributed by atoms with Crippen LogP contribution in [0.2, 0.25) is 0 Å². The van der Waals surface area contributed by atoms with Gasteiger partial charge in [-0.2, -0.15) is 0 Å². The number of hydrogen-bond donors (Lipinski definition) is 2. The van der Waals surface area contributed by atoms with Crippen LogP contribution in [0.3, 0.4) is 0 Å². The van der Waals surface area contributed by atoms with Crippen molar-refractivity contribution in [2.75, 3.05) is 6.61 Å². The van der Waals surface area contributed by atoms with Crippen LogP contribution in [-0.4, -0.2) is 35.6 Å². The molecule has 0 radical (unpaired) electrons. The Balaban J connectivity index is 1.91. The van der Waals surface area contributed by atoms with Gasteiger partial charge in [0.25, 0.3) is 0 Å². The predicted molar refractivity (Wildman–Crippen MR) is 65.3 cm³/mol. The number of carbonyl (C=O) groups is 3. The van der Waals surface area contributed by atoms with Gasteiger partial charge in [0.05, 0.1) is 13.0 Å². The third-order valence-corrected chi connectivity index (χ3v) is 4.00. The van der Waals surface area contributed by atoms with Crippen LogP contribution < -0.4 is 5.32 Å². The van der Waals surface area contributed by atoms with Gasteiger partial charge in [-0.15, -0.1) is 0 Å². The van der Waals surface area contributed by atoms with Crippen molar-refractivity contribution in [3.63, 3.8) is 0 Å². The summed E-state index contributed by atoms with van der Waals surface area (Å²) in [6.07, 6.45) is 4.16. The van der Waals surface area contributed by atoms with Gasteiger partial charge < -0.3 is 15.2 Å². The van der Waals surface area contributed by atoms with Crippen molar-refractivity contribution in [2.45, 2.75) is 51.0 Å². The van der Waals surface area contributed by atoms with Crippen LogP contribution in [0.15, 0.2) is 0 Å². The van der Waals surface area contributed by atoms with Crippen LogP contribution in [-0.2, 0) is 19.1 Å². The van der Waals surface area contributed by atoms with Crippen molar-refractivity contribution in [3.05, 3.63) is 0 Å². The minimum Gasteiger partial charge on any atom is -0.481 e. The van der Waals surface area contributed by atoms with Gasteiger partial charge in [-0.1, -0.05) is 12.8 Å². The average molecular weight is 269 g/mol. The SMILES string of the molecule is O=C(O)CC1(CC(=O)NC2CCOC2=O)CCCC1. The Kier molecular flexibility index (Phi) is 4.07. The molecule has 106 valence electrons. The molecule has 6 nitrogen and oxygen atoms in total. The number of cyclic esters (lactones) is 1. The first kappa shape index (κ1) is 13.8. The summed E-state index contributed by atoms with van der Waals surface area (Å²) in [4.78, 5) is 34.2. The zero-order chi connectivity index (χ0) is 13.9. The number of carboxylic acids is 1. The van der Waals surface area contributed by atoms with E-state index in [1.807, 2.05) is 0 Å². The maximum Gasteiger partial charge on any atom is 0.328 e. The summed E-state index contributed by atoms with van der Waals surface area (Å²) in [5.41, 5.74) is -0.432. The second-order valence-electron chi connectivity index (χ2n) is 5.53. The van der Waals surface area contributed by atoms with Crippen LogP contribution in [0, 0.1) is 5.41 Å². The summed E-state index contributed by atoms with van der Waals surface area (Å²) < 4.78 is 4.78. The van der Waals surface area contributed by atoms with Gasteiger partial charge in [0.2, 0.25) is 5.91 Å². The fourth-order valence-corrected chi connectivity index (χ4v) is 3.07. The highest BCUT2D eigenvalue weighted by Crippen LogP contribution is 2.44. The Hall–Kier alpha value is -1.59. The quantitative estimate of drug-likeness (QED) is 0.721. The van der Waals surface area contributed by atoms with Crippen molar-refractivity contribution in [3.8, 4) is 0 Å². The Morgan fingerprint density at radius 3 is 2.53 bits per heavy atom. The highest BCUT2D eigenvalue weighted by atomic mass is 16.5. The highest BCUT2D eigenvalue weighted by molar-refractivity contribution is 5.86. The van der Waals surface area contributed by atoms with Gasteiger partial charge in [-0.3, -0.25) is 9.59 Å². The minimum atomic E-state index is -0.866. The summed E-state index contributed by atoms with van der Waals surface area (Å²) in [5, 5.41) is 11.6. The lowest BCUT2D eigenvalue weighted by Crippen LogP contribution is -2.40. The molecule has 2 N–H and O–H groups in total. The lowest BCUT2D eigenvalue weighted by atomic mass is 9.79. The number of aliphatic carboxylic acids is 1. The average Bonchev–Trinajstić information content (AvgIpc) is 2.89. The molecule has 6 heteroatoms. The molecule has 0 aromatic rings. The number of esters is 1. The molecule has 0 aromatic carbocycles. The Morgan fingerprint density at radius 2 is 2.00 bits per heavy atom. The molecule has 1 saturated heterocycles. The number of carbonyl (C=O) groups excluding carboxylic acids is 2. The third-order valence-electron chi connectivity index (χ3n) is 4.00. The Bertz CT molecular complexity index is 386. The Morgan fingerprint density at radius 1 is 1.32 bits per heavy atom. The van der Waals surface area contributed by atoms with E-state index in [0.717, 1.165) is 25.7 Å². The van der Waals surface area contributed by atoms with Crippen LogP contribution >= 0.6 is 0 Å². The molecule has 0 spiro atoms. The molecule has 1 atom stereocenters. The summed E-state index contributed by atoms with van der Waals surface area (Å²) in [5.74, 6) is -1.51. The van der Waals surface area contributed by atoms with E-state index in [2.05, 4.69) is 5.32 Å². The Labute approximate surface area is 111 Å². The van der Waals surface area contributed by atoms with Crippen LogP contribution in [0.1, 0.15) is 44.9 Å². The van der Waals surface area contributed by atoms with E-state index >= 15 is 0 Å². The summed E-state index contributed by atoms with van der Waals surface area (Å²) in [7, 11) is 0. The van der Waals surface area contributed by atoms with E-state index in [1.165, 1.54) is 0 Å². The van der Waals surface area contributed by atoms with Crippen molar-refractivity contribution >= 4 is 17.8 Å². The first-order valence-electron chi connectivity index (χ1n) is 6.69. The van der Waals surface area contributed by atoms with Crippen molar-refractivity contribution in [1.82, 2.24) is 5.32 Å². The molecule has 1 unspecified atom stereocenters. The summed E-state index contributed by atoms with van der Waals surface area (Å²) >= 11 is 0. The molecule has 0 aromatic heterocycles. The number of hydrogen-bond acceptors (Lipinski definition) is 4. The van der Waals surface area contributed by atoms with E-state index in [1.54, 1.807) is 0 Å². The van der Waals surface area contributed by atoms with Crippen LogP contribution in [0.25, 0.3) is 0 Å². The minimum absolute atomic E-state index is 0.0233. The van der Waals surface area contributed by atoms with Gasteiger partial charge in [0.15, 0.2) is 0 Å². The smallest absolute Gasteiger partial charge is 0.328 e. The molecule has 1 amide bonds. The van der Waals surface area contributed by atoms with Gasteiger partial charge in [0, 0.05) is 12.8 Å². The van der Waals surface area contributed by atoms with Crippen molar-refractivity contribution in [1.29, 1.82) is 0 Å².